The van der Waals surface area contributed by atoms with E-state index in [2.05, 4.69) is 9.97 Å². The maximum atomic E-state index is 12.3. The topological polar surface area (TPSA) is 115 Å². The number of anilines is 2. The number of carbonyl (C=O) groups is 2. The summed E-state index contributed by atoms with van der Waals surface area (Å²) >= 11 is 0. The summed E-state index contributed by atoms with van der Waals surface area (Å²) in [6.07, 6.45) is 7.18. The molecule has 2 aromatic rings. The lowest BCUT2D eigenvalue weighted by Gasteiger charge is -2.28. The molecule has 1 aromatic carbocycles. The van der Waals surface area contributed by atoms with Gasteiger partial charge >= 0.3 is 6.03 Å². The summed E-state index contributed by atoms with van der Waals surface area (Å²) in [7, 11) is 0. The van der Waals surface area contributed by atoms with Crippen molar-refractivity contribution in [3.8, 4) is 0 Å². The molecule has 7 nitrogen and oxygen atoms in total. The average molecular weight is 353 g/mol. The molecule has 136 valence electrons. The largest absolute Gasteiger partial charge is 0.368 e. The molecule has 0 aliphatic heterocycles. The van der Waals surface area contributed by atoms with Crippen molar-refractivity contribution in [1.82, 2.24) is 9.97 Å². The first kappa shape index (κ1) is 17.8. The predicted molar refractivity (Wildman–Crippen MR) is 99.7 cm³/mol. The van der Waals surface area contributed by atoms with Gasteiger partial charge in [-0.15, -0.1) is 0 Å². The van der Waals surface area contributed by atoms with Crippen LogP contribution in [0.2, 0.25) is 0 Å². The third kappa shape index (κ3) is 3.66. The van der Waals surface area contributed by atoms with Gasteiger partial charge in [0.15, 0.2) is 0 Å². The first-order chi connectivity index (χ1) is 12.5. The van der Waals surface area contributed by atoms with E-state index < -0.39 is 11.9 Å². The highest BCUT2D eigenvalue weighted by Gasteiger charge is 2.28. The van der Waals surface area contributed by atoms with Gasteiger partial charge in [0.1, 0.15) is 5.78 Å². The molecule has 1 saturated carbocycles. The minimum atomic E-state index is -0.520. The van der Waals surface area contributed by atoms with Crippen molar-refractivity contribution in [3.05, 3.63) is 47.8 Å². The summed E-state index contributed by atoms with van der Waals surface area (Å²) in [4.78, 5) is 34.0. The Balaban J connectivity index is 1.99. The van der Waals surface area contributed by atoms with Crippen LogP contribution in [0.25, 0.3) is 0 Å². The van der Waals surface area contributed by atoms with Gasteiger partial charge in [-0.25, -0.2) is 14.8 Å². The fourth-order valence-electron chi connectivity index (χ4n) is 3.69. The van der Waals surface area contributed by atoms with E-state index >= 15 is 0 Å². The number of primary amides is 1. The Morgan fingerprint density at radius 2 is 1.81 bits per heavy atom. The Morgan fingerprint density at radius 1 is 1.15 bits per heavy atom. The van der Waals surface area contributed by atoms with E-state index in [4.69, 9.17) is 11.5 Å². The molecule has 1 aromatic heterocycles. The smallest absolute Gasteiger partial charge is 0.319 e. The highest BCUT2D eigenvalue weighted by atomic mass is 16.2. The molecule has 1 unspecified atom stereocenters. The van der Waals surface area contributed by atoms with E-state index in [-0.39, 0.29) is 17.8 Å². The highest BCUT2D eigenvalue weighted by Crippen LogP contribution is 2.32. The zero-order chi connectivity index (χ0) is 18.7. The van der Waals surface area contributed by atoms with Gasteiger partial charge in [0.25, 0.3) is 0 Å². The van der Waals surface area contributed by atoms with E-state index in [1.165, 1.54) is 6.92 Å². The Hall–Kier alpha value is -2.96. The molecule has 1 heterocycles. The number of carbonyl (C=O) groups excluding carboxylic acids is 2. The summed E-state index contributed by atoms with van der Waals surface area (Å²) in [5.74, 6) is -0.401. The summed E-state index contributed by atoms with van der Waals surface area (Å²) in [5, 5.41) is 0. The monoisotopic (exact) mass is 353 g/mol. The second kappa shape index (κ2) is 7.51. The van der Waals surface area contributed by atoms with Crippen LogP contribution >= 0.6 is 0 Å². The van der Waals surface area contributed by atoms with Crippen molar-refractivity contribution in [2.75, 3.05) is 10.6 Å². The molecule has 26 heavy (non-hydrogen) atoms. The summed E-state index contributed by atoms with van der Waals surface area (Å²) in [6, 6.07) is 7.04. The molecule has 4 N–H and O–H groups in total. The number of nitrogen functional groups attached to an aromatic ring is 1. The molecule has 0 radical (unpaired) electrons. The number of benzene rings is 1. The molecule has 7 heteroatoms. The first-order valence-corrected chi connectivity index (χ1v) is 8.74. The van der Waals surface area contributed by atoms with Crippen LogP contribution in [-0.2, 0) is 4.79 Å². The quantitative estimate of drug-likeness (QED) is 0.857. The van der Waals surface area contributed by atoms with Gasteiger partial charge in [0, 0.05) is 29.7 Å². The maximum absolute atomic E-state index is 12.3. The number of hydrogen-bond acceptors (Lipinski definition) is 5. The van der Waals surface area contributed by atoms with Gasteiger partial charge in [-0.05, 0) is 37.5 Å². The molecule has 0 bridgehead atoms. The predicted octanol–water partition coefficient (Wildman–Crippen LogP) is 2.61. The standard InChI is InChI=1S/C19H23N5O2/c1-12(25)17(14-10-22-18(20)23-11-14)13-5-4-8-16(9-13)24(19(21)26)15-6-2-3-7-15/h4-5,8-11,15,17H,2-3,6-7H2,1H3,(H2,21,26)(H2,20,22,23). The third-order valence-corrected chi connectivity index (χ3v) is 4.84. The van der Waals surface area contributed by atoms with Gasteiger partial charge in [-0.1, -0.05) is 25.0 Å². The van der Waals surface area contributed by atoms with E-state index in [9.17, 15) is 9.59 Å². The second-order valence-electron chi connectivity index (χ2n) is 6.66. The molecule has 1 fully saturated rings. The first-order valence-electron chi connectivity index (χ1n) is 8.74. The Labute approximate surface area is 152 Å². The average Bonchev–Trinajstić information content (AvgIpc) is 3.11. The van der Waals surface area contributed by atoms with Gasteiger partial charge < -0.3 is 11.5 Å². The number of rotatable bonds is 5. The summed E-state index contributed by atoms with van der Waals surface area (Å²) in [5.41, 5.74) is 13.3. The van der Waals surface area contributed by atoms with Crippen molar-refractivity contribution in [1.29, 1.82) is 0 Å². The SMILES string of the molecule is CC(=O)C(c1cnc(N)nc1)c1cccc(N(C(N)=O)C2CCCC2)c1. The second-order valence-corrected chi connectivity index (χ2v) is 6.66. The van der Waals surface area contributed by atoms with Crippen LogP contribution in [0, 0.1) is 0 Å². The lowest BCUT2D eigenvalue weighted by molar-refractivity contribution is -0.117. The van der Waals surface area contributed by atoms with Gasteiger partial charge in [0.05, 0.1) is 5.92 Å². The molecule has 2 amide bonds. The molecule has 0 saturated heterocycles. The molecule has 1 aliphatic carbocycles. The summed E-state index contributed by atoms with van der Waals surface area (Å²) in [6.45, 7) is 1.52. The van der Waals surface area contributed by atoms with Crippen LogP contribution in [-0.4, -0.2) is 27.8 Å². The summed E-state index contributed by atoms with van der Waals surface area (Å²) < 4.78 is 0. The van der Waals surface area contributed by atoms with Crippen molar-refractivity contribution in [2.45, 2.75) is 44.6 Å². The minimum Gasteiger partial charge on any atom is -0.368 e. The number of hydrogen-bond donors (Lipinski definition) is 2. The number of ketones is 1. The Bertz CT molecular complexity index is 800. The zero-order valence-electron chi connectivity index (χ0n) is 14.8. The fraction of sp³-hybridized carbons (Fsp3) is 0.368. The van der Waals surface area contributed by atoms with Gasteiger partial charge in [0.2, 0.25) is 5.95 Å². The number of amides is 2. The van der Waals surface area contributed by atoms with Crippen LogP contribution in [0.15, 0.2) is 36.7 Å². The zero-order valence-corrected chi connectivity index (χ0v) is 14.8. The lowest BCUT2D eigenvalue weighted by atomic mass is 9.89. The molecule has 1 atom stereocenters. The van der Waals surface area contributed by atoms with Crippen molar-refractivity contribution >= 4 is 23.5 Å². The van der Waals surface area contributed by atoms with Gasteiger partial charge in [-0.3, -0.25) is 9.69 Å². The number of nitrogens with two attached hydrogens (primary N) is 2. The molecule has 0 spiro atoms. The Kier molecular flexibility index (Phi) is 5.16. The van der Waals surface area contributed by atoms with Crippen molar-refractivity contribution < 1.29 is 9.59 Å². The molecule has 1 aliphatic rings. The lowest BCUT2D eigenvalue weighted by Crippen LogP contribution is -2.42. The van der Waals surface area contributed by atoms with Crippen LogP contribution in [0.4, 0.5) is 16.4 Å². The van der Waals surface area contributed by atoms with E-state index in [0.29, 0.717) is 11.3 Å². The number of nitrogens with zero attached hydrogens (tertiary/aromatic N) is 3. The fourth-order valence-corrected chi connectivity index (χ4v) is 3.69. The van der Waals surface area contributed by atoms with E-state index in [1.807, 2.05) is 24.3 Å². The molecule has 3 rings (SSSR count). The maximum Gasteiger partial charge on any atom is 0.319 e. The van der Waals surface area contributed by atoms with E-state index in [0.717, 1.165) is 31.2 Å². The van der Waals surface area contributed by atoms with Crippen LogP contribution < -0.4 is 16.4 Å². The number of Topliss-reactive ketones (excluding diaryl/α,β-unsaturated/α-hetero) is 1. The number of urea groups is 1. The van der Waals surface area contributed by atoms with Crippen molar-refractivity contribution in [2.24, 2.45) is 5.73 Å². The normalized spacial score (nSPS) is 15.6. The molecular weight excluding hydrogens is 330 g/mol. The Morgan fingerprint density at radius 3 is 2.38 bits per heavy atom. The highest BCUT2D eigenvalue weighted by molar-refractivity contribution is 5.92. The van der Waals surface area contributed by atoms with Gasteiger partial charge in [-0.2, -0.15) is 0 Å². The van der Waals surface area contributed by atoms with Crippen molar-refractivity contribution in [3.63, 3.8) is 0 Å². The third-order valence-electron chi connectivity index (χ3n) is 4.84. The minimum absolute atomic E-state index is 0.0398. The van der Waals surface area contributed by atoms with E-state index in [1.54, 1.807) is 17.3 Å². The number of aromatic nitrogens is 2. The van der Waals surface area contributed by atoms with Crippen LogP contribution in [0.1, 0.15) is 49.7 Å². The van der Waals surface area contributed by atoms with Crippen LogP contribution in [0.5, 0.6) is 0 Å². The van der Waals surface area contributed by atoms with Crippen LogP contribution in [0.3, 0.4) is 0 Å². The molecular formula is C19H23N5O2.